The molecule has 11 heteroatoms. The van der Waals surface area contributed by atoms with E-state index in [1.807, 2.05) is 0 Å². The van der Waals surface area contributed by atoms with Gasteiger partial charge in [-0.15, -0.1) is 0 Å². The van der Waals surface area contributed by atoms with Gasteiger partial charge in [-0.1, -0.05) is 0 Å². The average molecular weight is 363 g/mol. The van der Waals surface area contributed by atoms with E-state index < -0.39 is 57.0 Å². The Morgan fingerprint density at radius 2 is 1.72 bits per heavy atom. The lowest BCUT2D eigenvalue weighted by Gasteiger charge is -2.20. The standard InChI is InChI=1S/C14H6F5NO5/c15-9-3-2-7(11(16)12(9)17)14(18,19)8-5-6(20(23)24)1-4-10(8)25-13(21)22/h1-5H,(H,21,22). The quantitative estimate of drug-likeness (QED) is 0.219. The first-order valence-electron chi connectivity index (χ1n) is 6.27. The van der Waals surface area contributed by atoms with Crippen molar-refractivity contribution in [1.29, 1.82) is 0 Å². The van der Waals surface area contributed by atoms with E-state index in [2.05, 4.69) is 4.74 Å². The highest BCUT2D eigenvalue weighted by atomic mass is 19.3. The fourth-order valence-corrected chi connectivity index (χ4v) is 1.97. The van der Waals surface area contributed by atoms with Crippen LogP contribution in [0.4, 0.5) is 32.4 Å². The van der Waals surface area contributed by atoms with E-state index in [1.165, 1.54) is 0 Å². The van der Waals surface area contributed by atoms with Crippen LogP contribution < -0.4 is 4.74 Å². The number of carbonyl (C=O) groups is 1. The molecule has 0 aliphatic carbocycles. The van der Waals surface area contributed by atoms with Gasteiger partial charge in [0.15, 0.2) is 17.5 Å². The molecule has 0 atom stereocenters. The van der Waals surface area contributed by atoms with E-state index in [-0.39, 0.29) is 18.2 Å². The minimum absolute atomic E-state index is 0.233. The summed E-state index contributed by atoms with van der Waals surface area (Å²) in [6.07, 6.45) is -2.02. The molecule has 0 spiro atoms. The molecule has 1 N–H and O–H groups in total. The zero-order valence-corrected chi connectivity index (χ0v) is 11.8. The maximum atomic E-state index is 14.6. The monoisotopic (exact) mass is 363 g/mol. The molecule has 0 unspecified atom stereocenters. The average Bonchev–Trinajstić information content (AvgIpc) is 2.51. The Labute approximate surface area is 135 Å². The number of ether oxygens (including phenoxy) is 1. The van der Waals surface area contributed by atoms with Crippen LogP contribution in [0.3, 0.4) is 0 Å². The Morgan fingerprint density at radius 3 is 2.28 bits per heavy atom. The summed E-state index contributed by atoms with van der Waals surface area (Å²) in [6.45, 7) is 0. The molecule has 0 heterocycles. The first-order valence-corrected chi connectivity index (χ1v) is 6.27. The second-order valence-corrected chi connectivity index (χ2v) is 4.60. The number of nitro groups is 1. The lowest BCUT2D eigenvalue weighted by atomic mass is 9.98. The molecule has 0 bridgehead atoms. The molecule has 0 amide bonds. The number of hydrogen-bond acceptors (Lipinski definition) is 4. The van der Waals surface area contributed by atoms with Gasteiger partial charge in [0, 0.05) is 12.1 Å². The topological polar surface area (TPSA) is 89.7 Å². The van der Waals surface area contributed by atoms with Crippen molar-refractivity contribution < 1.29 is 41.5 Å². The van der Waals surface area contributed by atoms with E-state index in [0.717, 1.165) is 0 Å². The summed E-state index contributed by atoms with van der Waals surface area (Å²) in [5, 5.41) is 19.3. The van der Waals surface area contributed by atoms with Gasteiger partial charge in [-0.2, -0.15) is 8.78 Å². The molecule has 0 aliphatic rings. The Kier molecular flexibility index (Phi) is 4.59. The number of hydrogen-bond donors (Lipinski definition) is 1. The van der Waals surface area contributed by atoms with Crippen LogP contribution in [0.25, 0.3) is 0 Å². The summed E-state index contributed by atoms with van der Waals surface area (Å²) in [5.41, 5.74) is -3.94. The minimum Gasteiger partial charge on any atom is -0.449 e. The zero-order valence-electron chi connectivity index (χ0n) is 11.8. The van der Waals surface area contributed by atoms with Crippen LogP contribution in [0, 0.1) is 27.6 Å². The van der Waals surface area contributed by atoms with E-state index in [0.29, 0.717) is 12.1 Å². The number of carboxylic acid groups (broad SMARTS) is 1. The maximum absolute atomic E-state index is 14.6. The van der Waals surface area contributed by atoms with Crippen molar-refractivity contribution in [3.63, 3.8) is 0 Å². The van der Waals surface area contributed by atoms with Crippen molar-refractivity contribution in [2.24, 2.45) is 0 Å². The van der Waals surface area contributed by atoms with Gasteiger partial charge in [0.25, 0.3) is 5.69 Å². The van der Waals surface area contributed by atoms with Gasteiger partial charge < -0.3 is 9.84 Å². The number of rotatable bonds is 4. The molecule has 0 aliphatic heterocycles. The van der Waals surface area contributed by atoms with Crippen LogP contribution in [-0.4, -0.2) is 16.2 Å². The van der Waals surface area contributed by atoms with Crippen molar-refractivity contribution in [1.82, 2.24) is 0 Å². The number of alkyl halides is 2. The van der Waals surface area contributed by atoms with Crippen LogP contribution in [0.1, 0.15) is 11.1 Å². The van der Waals surface area contributed by atoms with E-state index in [4.69, 9.17) is 5.11 Å². The predicted molar refractivity (Wildman–Crippen MR) is 71.1 cm³/mol. The van der Waals surface area contributed by atoms with Crippen LogP contribution in [0.5, 0.6) is 5.75 Å². The Morgan fingerprint density at radius 1 is 1.08 bits per heavy atom. The fourth-order valence-electron chi connectivity index (χ4n) is 1.97. The molecule has 0 saturated heterocycles. The molecule has 2 rings (SSSR count). The summed E-state index contributed by atoms with van der Waals surface area (Å²) in [4.78, 5) is 20.3. The Bertz CT molecular complexity index is 871. The Balaban J connectivity index is 2.72. The van der Waals surface area contributed by atoms with E-state index in [1.54, 1.807) is 0 Å². The molecule has 0 aromatic heterocycles. The summed E-state index contributed by atoms with van der Waals surface area (Å²) in [6, 6.07) is 1.96. The third-order valence-electron chi connectivity index (χ3n) is 3.08. The van der Waals surface area contributed by atoms with E-state index >= 15 is 0 Å². The van der Waals surface area contributed by atoms with Crippen LogP contribution >= 0.6 is 0 Å². The SMILES string of the molecule is O=C(O)Oc1ccc([N+](=O)[O-])cc1C(F)(F)c1ccc(F)c(F)c1F. The van der Waals surface area contributed by atoms with Crippen molar-refractivity contribution in [2.75, 3.05) is 0 Å². The van der Waals surface area contributed by atoms with Crippen molar-refractivity contribution in [3.05, 3.63) is 69.0 Å². The second-order valence-electron chi connectivity index (χ2n) is 4.60. The number of nitro benzene ring substituents is 1. The summed E-state index contributed by atoms with van der Waals surface area (Å²) in [7, 11) is 0. The molecule has 132 valence electrons. The highest BCUT2D eigenvalue weighted by Crippen LogP contribution is 2.43. The fraction of sp³-hybridized carbons (Fsp3) is 0.0714. The van der Waals surface area contributed by atoms with Gasteiger partial charge in [-0.05, 0) is 18.2 Å². The largest absolute Gasteiger partial charge is 0.511 e. The first kappa shape index (κ1) is 18.1. The molecular formula is C14H6F5NO5. The number of benzene rings is 2. The van der Waals surface area contributed by atoms with Gasteiger partial charge in [0.05, 0.1) is 16.1 Å². The van der Waals surface area contributed by atoms with Gasteiger partial charge in [-0.25, -0.2) is 18.0 Å². The van der Waals surface area contributed by atoms with Gasteiger partial charge >= 0.3 is 12.1 Å². The van der Waals surface area contributed by atoms with Crippen LogP contribution in [-0.2, 0) is 5.92 Å². The minimum atomic E-state index is -4.46. The maximum Gasteiger partial charge on any atom is 0.511 e. The molecule has 2 aromatic carbocycles. The normalized spacial score (nSPS) is 11.2. The Hall–Kier alpha value is -3.24. The number of non-ortho nitro benzene ring substituents is 1. The van der Waals surface area contributed by atoms with Gasteiger partial charge in [0.2, 0.25) is 0 Å². The van der Waals surface area contributed by atoms with Crippen molar-refractivity contribution in [2.45, 2.75) is 5.92 Å². The van der Waals surface area contributed by atoms with Crippen molar-refractivity contribution >= 4 is 11.8 Å². The summed E-state index contributed by atoms with van der Waals surface area (Å²) < 4.78 is 73.2. The van der Waals surface area contributed by atoms with E-state index in [9.17, 15) is 36.9 Å². The first-order chi connectivity index (χ1) is 11.6. The van der Waals surface area contributed by atoms with Crippen LogP contribution in [0.2, 0.25) is 0 Å². The van der Waals surface area contributed by atoms with Crippen molar-refractivity contribution in [3.8, 4) is 5.75 Å². The molecule has 0 saturated carbocycles. The second kappa shape index (κ2) is 6.34. The molecule has 2 aromatic rings. The predicted octanol–water partition coefficient (Wildman–Crippen LogP) is 4.21. The highest BCUT2D eigenvalue weighted by Gasteiger charge is 2.42. The number of nitrogens with zero attached hydrogens (tertiary/aromatic N) is 1. The molecule has 0 radical (unpaired) electrons. The number of halogens is 5. The third kappa shape index (κ3) is 3.34. The molecule has 6 nitrogen and oxygen atoms in total. The lowest BCUT2D eigenvalue weighted by Crippen LogP contribution is -2.21. The van der Waals surface area contributed by atoms with Crippen LogP contribution in [0.15, 0.2) is 30.3 Å². The van der Waals surface area contributed by atoms with Gasteiger partial charge in [-0.3, -0.25) is 10.1 Å². The molecule has 0 fully saturated rings. The molecule has 25 heavy (non-hydrogen) atoms. The highest BCUT2D eigenvalue weighted by molar-refractivity contribution is 5.63. The smallest absolute Gasteiger partial charge is 0.449 e. The lowest BCUT2D eigenvalue weighted by molar-refractivity contribution is -0.385. The summed E-state index contributed by atoms with van der Waals surface area (Å²) >= 11 is 0. The zero-order chi connectivity index (χ0) is 18.9. The summed E-state index contributed by atoms with van der Waals surface area (Å²) in [5.74, 6) is -11.6. The van der Waals surface area contributed by atoms with Gasteiger partial charge in [0.1, 0.15) is 5.75 Å². The molecular weight excluding hydrogens is 357 g/mol. The third-order valence-corrected chi connectivity index (χ3v) is 3.08.